The van der Waals surface area contributed by atoms with E-state index in [1.54, 1.807) is 5.57 Å². The number of hydrogen-bond acceptors (Lipinski definition) is 2. The first kappa shape index (κ1) is 11.2. The minimum Gasteiger partial charge on any atom is -0.316 e. The smallest absolute Gasteiger partial charge is 0.0165 e. The number of rotatable bonds is 2. The number of hydrogen-bond donors (Lipinski definition) is 1. The van der Waals surface area contributed by atoms with Gasteiger partial charge in [0.25, 0.3) is 0 Å². The molecule has 0 unspecified atom stereocenters. The summed E-state index contributed by atoms with van der Waals surface area (Å²) in [5, 5.41) is 3.46. The minimum atomic E-state index is 1.19. The van der Waals surface area contributed by atoms with E-state index in [2.05, 4.69) is 16.3 Å². The molecule has 0 aliphatic carbocycles. The molecule has 2 fully saturated rings. The van der Waals surface area contributed by atoms with Gasteiger partial charge in [0.2, 0.25) is 0 Å². The Morgan fingerprint density at radius 3 is 2.73 bits per heavy atom. The van der Waals surface area contributed by atoms with E-state index in [0.717, 1.165) is 0 Å². The second kappa shape index (κ2) is 6.29. The molecule has 2 saturated heterocycles. The second-order valence-electron chi connectivity index (χ2n) is 4.83. The average molecular weight is 208 g/mol. The van der Waals surface area contributed by atoms with Crippen molar-refractivity contribution in [2.45, 2.75) is 38.5 Å². The third-order valence-electron chi connectivity index (χ3n) is 3.56. The van der Waals surface area contributed by atoms with Gasteiger partial charge in [-0.05, 0) is 58.3 Å². The highest BCUT2D eigenvalue weighted by Gasteiger charge is 2.09. The summed E-state index contributed by atoms with van der Waals surface area (Å²) in [5.41, 5.74) is 1.69. The van der Waals surface area contributed by atoms with Crippen LogP contribution in [0.2, 0.25) is 0 Å². The maximum absolute atomic E-state index is 3.46. The van der Waals surface area contributed by atoms with Gasteiger partial charge in [-0.3, -0.25) is 4.90 Å². The van der Waals surface area contributed by atoms with E-state index in [-0.39, 0.29) is 0 Å². The average Bonchev–Trinajstić information content (AvgIpc) is 2.56. The van der Waals surface area contributed by atoms with Crippen molar-refractivity contribution in [2.75, 3.05) is 32.7 Å². The summed E-state index contributed by atoms with van der Waals surface area (Å²) in [5.74, 6) is 0. The normalized spacial score (nSPS) is 27.9. The van der Waals surface area contributed by atoms with Crippen molar-refractivity contribution in [3.8, 4) is 0 Å². The summed E-state index contributed by atoms with van der Waals surface area (Å²) in [4.78, 5) is 2.61. The van der Waals surface area contributed by atoms with Crippen LogP contribution in [0, 0.1) is 0 Å². The first-order valence-electron chi connectivity index (χ1n) is 6.56. The quantitative estimate of drug-likeness (QED) is 0.700. The van der Waals surface area contributed by atoms with E-state index in [1.165, 1.54) is 71.2 Å². The van der Waals surface area contributed by atoms with Crippen LogP contribution in [-0.2, 0) is 0 Å². The van der Waals surface area contributed by atoms with Gasteiger partial charge in [0.1, 0.15) is 0 Å². The van der Waals surface area contributed by atoms with Crippen LogP contribution in [0.25, 0.3) is 0 Å². The first-order valence-corrected chi connectivity index (χ1v) is 6.56. The Balaban J connectivity index is 1.75. The lowest BCUT2D eigenvalue weighted by atomic mass is 10.1. The topological polar surface area (TPSA) is 15.3 Å². The molecule has 0 radical (unpaired) electrons. The molecule has 0 amide bonds. The van der Waals surface area contributed by atoms with E-state index in [1.807, 2.05) is 0 Å². The summed E-state index contributed by atoms with van der Waals surface area (Å²) in [6.07, 6.45) is 10.7. The van der Waals surface area contributed by atoms with Gasteiger partial charge >= 0.3 is 0 Å². The minimum absolute atomic E-state index is 1.19. The van der Waals surface area contributed by atoms with Crippen molar-refractivity contribution in [1.82, 2.24) is 10.2 Å². The zero-order chi connectivity index (χ0) is 10.3. The van der Waals surface area contributed by atoms with E-state index < -0.39 is 0 Å². The van der Waals surface area contributed by atoms with Gasteiger partial charge in [-0.2, -0.15) is 0 Å². The molecular weight excluding hydrogens is 184 g/mol. The molecule has 2 heterocycles. The molecule has 0 spiro atoms. The number of likely N-dealkylation sites (tertiary alicyclic amines) is 1. The molecule has 0 bridgehead atoms. The molecule has 0 aromatic carbocycles. The van der Waals surface area contributed by atoms with Crippen LogP contribution in [0.5, 0.6) is 0 Å². The van der Waals surface area contributed by atoms with E-state index in [4.69, 9.17) is 0 Å². The third-order valence-corrected chi connectivity index (χ3v) is 3.56. The summed E-state index contributed by atoms with van der Waals surface area (Å²) >= 11 is 0. The van der Waals surface area contributed by atoms with Crippen LogP contribution in [0.4, 0.5) is 0 Å². The third kappa shape index (κ3) is 3.96. The maximum atomic E-state index is 3.46. The molecule has 2 rings (SSSR count). The predicted molar refractivity (Wildman–Crippen MR) is 65.1 cm³/mol. The highest BCUT2D eigenvalue weighted by atomic mass is 15.1. The zero-order valence-corrected chi connectivity index (χ0v) is 9.80. The highest BCUT2D eigenvalue weighted by Crippen LogP contribution is 2.13. The van der Waals surface area contributed by atoms with Crippen LogP contribution in [-0.4, -0.2) is 37.6 Å². The molecule has 86 valence electrons. The number of nitrogens with zero attached hydrogens (tertiary/aromatic N) is 1. The lowest BCUT2D eigenvalue weighted by Crippen LogP contribution is -2.29. The van der Waals surface area contributed by atoms with Crippen LogP contribution in [0.3, 0.4) is 0 Å². The van der Waals surface area contributed by atoms with Gasteiger partial charge in [-0.1, -0.05) is 18.1 Å². The molecule has 2 aliphatic rings. The van der Waals surface area contributed by atoms with Gasteiger partial charge in [-0.15, -0.1) is 0 Å². The fraction of sp³-hybridized carbons (Fsp3) is 0.846. The van der Waals surface area contributed by atoms with Crippen LogP contribution in [0.1, 0.15) is 38.5 Å². The molecule has 2 aliphatic heterocycles. The molecule has 2 heteroatoms. The Labute approximate surface area is 93.7 Å². The van der Waals surface area contributed by atoms with Crippen LogP contribution in [0.15, 0.2) is 11.6 Å². The Morgan fingerprint density at radius 1 is 1.00 bits per heavy atom. The zero-order valence-electron chi connectivity index (χ0n) is 9.80. The van der Waals surface area contributed by atoms with E-state index >= 15 is 0 Å². The standard InChI is InChI=1S/C13H24N2/c1-2-10-15(11-3-1)12-7-13-5-4-8-14-9-6-13/h7,14H,1-6,8-12H2/b13-7+. The second-order valence-corrected chi connectivity index (χ2v) is 4.83. The van der Waals surface area contributed by atoms with Crippen molar-refractivity contribution in [3.63, 3.8) is 0 Å². The number of piperidine rings is 1. The molecule has 2 nitrogen and oxygen atoms in total. The van der Waals surface area contributed by atoms with Gasteiger partial charge < -0.3 is 5.32 Å². The Kier molecular flexibility index (Phi) is 4.68. The molecule has 0 saturated carbocycles. The lowest BCUT2D eigenvalue weighted by molar-refractivity contribution is 0.251. The molecule has 1 N–H and O–H groups in total. The van der Waals surface area contributed by atoms with Gasteiger partial charge in [0.15, 0.2) is 0 Å². The number of nitrogens with one attached hydrogen (secondary N) is 1. The SMILES string of the molecule is C(/CN1CCCCC1)=C1/CCCNCC1. The molecule has 0 aromatic rings. The largest absolute Gasteiger partial charge is 0.316 e. The lowest BCUT2D eigenvalue weighted by Gasteiger charge is -2.25. The van der Waals surface area contributed by atoms with Crippen molar-refractivity contribution in [1.29, 1.82) is 0 Å². The van der Waals surface area contributed by atoms with Crippen molar-refractivity contribution < 1.29 is 0 Å². The molecule has 15 heavy (non-hydrogen) atoms. The van der Waals surface area contributed by atoms with Crippen LogP contribution >= 0.6 is 0 Å². The monoisotopic (exact) mass is 208 g/mol. The summed E-state index contributed by atoms with van der Waals surface area (Å²) in [6.45, 7) is 6.24. The van der Waals surface area contributed by atoms with Crippen molar-refractivity contribution in [2.24, 2.45) is 0 Å². The Hall–Kier alpha value is -0.340. The van der Waals surface area contributed by atoms with Gasteiger partial charge in [0, 0.05) is 6.54 Å². The summed E-state index contributed by atoms with van der Waals surface area (Å²) in [6, 6.07) is 0. The molecular formula is C13H24N2. The maximum Gasteiger partial charge on any atom is 0.0165 e. The summed E-state index contributed by atoms with van der Waals surface area (Å²) < 4.78 is 0. The van der Waals surface area contributed by atoms with Crippen molar-refractivity contribution >= 4 is 0 Å². The molecule has 0 atom stereocenters. The summed E-state index contributed by atoms with van der Waals surface area (Å²) in [7, 11) is 0. The fourth-order valence-corrected chi connectivity index (χ4v) is 2.54. The van der Waals surface area contributed by atoms with E-state index in [9.17, 15) is 0 Å². The highest BCUT2D eigenvalue weighted by molar-refractivity contribution is 5.05. The van der Waals surface area contributed by atoms with Crippen molar-refractivity contribution in [3.05, 3.63) is 11.6 Å². The van der Waals surface area contributed by atoms with Gasteiger partial charge in [0.05, 0.1) is 0 Å². The predicted octanol–water partition coefficient (Wildman–Crippen LogP) is 2.17. The molecule has 0 aromatic heterocycles. The van der Waals surface area contributed by atoms with Gasteiger partial charge in [-0.25, -0.2) is 0 Å². The Bertz CT molecular complexity index is 195. The first-order chi connectivity index (χ1) is 7.45. The van der Waals surface area contributed by atoms with E-state index in [0.29, 0.717) is 0 Å². The van der Waals surface area contributed by atoms with Crippen LogP contribution < -0.4 is 5.32 Å². The Morgan fingerprint density at radius 2 is 1.87 bits per heavy atom. The fourth-order valence-electron chi connectivity index (χ4n) is 2.54.